The largest absolute Gasteiger partial charge is 0.484 e. The summed E-state index contributed by atoms with van der Waals surface area (Å²) < 4.78 is 5.61. The standard InChI is InChI=1S/C17H19NO3/c1-11(2)21-17-10-15(13(4)9-16(17)18(19)20)14-7-5-12(3)6-8-14/h5-11H,1-4H3. The maximum Gasteiger partial charge on any atom is 0.311 e. The molecule has 0 bridgehead atoms. The van der Waals surface area contributed by atoms with E-state index in [1.165, 1.54) is 5.56 Å². The van der Waals surface area contributed by atoms with Crippen molar-refractivity contribution in [2.75, 3.05) is 0 Å². The van der Waals surface area contributed by atoms with E-state index in [0.717, 1.165) is 16.7 Å². The van der Waals surface area contributed by atoms with Crippen LogP contribution in [0.25, 0.3) is 11.1 Å². The number of ether oxygens (including phenoxy) is 1. The van der Waals surface area contributed by atoms with Gasteiger partial charge in [-0.25, -0.2) is 0 Å². The number of nitro groups is 1. The lowest BCUT2D eigenvalue weighted by Gasteiger charge is -2.13. The van der Waals surface area contributed by atoms with Gasteiger partial charge < -0.3 is 4.74 Å². The average Bonchev–Trinajstić information content (AvgIpc) is 2.40. The van der Waals surface area contributed by atoms with Gasteiger partial charge in [-0.2, -0.15) is 0 Å². The first-order valence-electron chi connectivity index (χ1n) is 6.91. The number of hydrogen-bond donors (Lipinski definition) is 0. The predicted molar refractivity (Wildman–Crippen MR) is 83.8 cm³/mol. The molecule has 0 spiro atoms. The number of nitro benzene ring substituents is 1. The van der Waals surface area contributed by atoms with Crippen molar-refractivity contribution in [3.63, 3.8) is 0 Å². The van der Waals surface area contributed by atoms with Crippen LogP contribution in [0.3, 0.4) is 0 Å². The monoisotopic (exact) mass is 285 g/mol. The van der Waals surface area contributed by atoms with Gasteiger partial charge >= 0.3 is 5.69 Å². The Morgan fingerprint density at radius 1 is 1.10 bits per heavy atom. The summed E-state index contributed by atoms with van der Waals surface area (Å²) in [5.41, 5.74) is 4.04. The minimum atomic E-state index is -0.399. The van der Waals surface area contributed by atoms with Crippen LogP contribution in [0.1, 0.15) is 25.0 Å². The predicted octanol–water partition coefficient (Wildman–Crippen LogP) is 4.67. The topological polar surface area (TPSA) is 52.4 Å². The van der Waals surface area contributed by atoms with E-state index in [1.54, 1.807) is 12.1 Å². The third-order valence-electron chi connectivity index (χ3n) is 3.23. The second-order valence-corrected chi connectivity index (χ2v) is 5.42. The van der Waals surface area contributed by atoms with Crippen LogP contribution >= 0.6 is 0 Å². The summed E-state index contributed by atoms with van der Waals surface area (Å²) in [6.07, 6.45) is -0.114. The SMILES string of the molecule is Cc1ccc(-c2cc(OC(C)C)c([N+](=O)[O-])cc2C)cc1. The lowest BCUT2D eigenvalue weighted by atomic mass is 9.98. The van der Waals surface area contributed by atoms with Crippen LogP contribution in [0.2, 0.25) is 0 Å². The zero-order valence-electron chi connectivity index (χ0n) is 12.7. The van der Waals surface area contributed by atoms with Crippen LogP contribution in [-0.2, 0) is 0 Å². The normalized spacial score (nSPS) is 10.7. The lowest BCUT2D eigenvalue weighted by Crippen LogP contribution is -2.08. The number of benzene rings is 2. The summed E-state index contributed by atoms with van der Waals surface area (Å²) in [7, 11) is 0. The molecule has 2 rings (SSSR count). The smallest absolute Gasteiger partial charge is 0.311 e. The summed E-state index contributed by atoms with van der Waals surface area (Å²) in [5, 5.41) is 11.2. The molecule has 0 saturated carbocycles. The Morgan fingerprint density at radius 3 is 2.24 bits per heavy atom. The molecule has 0 heterocycles. The van der Waals surface area contributed by atoms with E-state index >= 15 is 0 Å². The maximum absolute atomic E-state index is 11.2. The molecule has 0 atom stereocenters. The molecular formula is C17H19NO3. The fraction of sp³-hybridized carbons (Fsp3) is 0.294. The lowest BCUT2D eigenvalue weighted by molar-refractivity contribution is -0.386. The molecule has 0 unspecified atom stereocenters. The van der Waals surface area contributed by atoms with Crippen LogP contribution in [0.4, 0.5) is 5.69 Å². The molecule has 0 aliphatic carbocycles. The van der Waals surface area contributed by atoms with Gasteiger partial charge in [-0.3, -0.25) is 10.1 Å². The summed E-state index contributed by atoms with van der Waals surface area (Å²) >= 11 is 0. The molecule has 0 aliphatic heterocycles. The van der Waals surface area contributed by atoms with Crippen LogP contribution < -0.4 is 4.74 Å². The fourth-order valence-electron chi connectivity index (χ4n) is 2.21. The highest BCUT2D eigenvalue weighted by Gasteiger charge is 2.19. The zero-order valence-corrected chi connectivity index (χ0v) is 12.7. The van der Waals surface area contributed by atoms with Gasteiger partial charge in [-0.15, -0.1) is 0 Å². The first-order chi connectivity index (χ1) is 9.88. The highest BCUT2D eigenvalue weighted by Crippen LogP contribution is 2.36. The molecule has 2 aromatic carbocycles. The minimum Gasteiger partial charge on any atom is -0.484 e. The zero-order chi connectivity index (χ0) is 15.6. The van der Waals surface area contributed by atoms with Crippen molar-refractivity contribution in [3.05, 3.63) is 57.6 Å². The maximum atomic E-state index is 11.2. The Kier molecular flexibility index (Phi) is 4.26. The quantitative estimate of drug-likeness (QED) is 0.606. The Labute approximate surface area is 124 Å². The minimum absolute atomic E-state index is 0.0112. The van der Waals surface area contributed by atoms with Crippen molar-refractivity contribution in [3.8, 4) is 16.9 Å². The summed E-state index contributed by atoms with van der Waals surface area (Å²) in [4.78, 5) is 10.8. The third kappa shape index (κ3) is 3.40. The number of nitrogens with zero attached hydrogens (tertiary/aromatic N) is 1. The Balaban J connectivity index is 2.56. The highest BCUT2D eigenvalue weighted by molar-refractivity contribution is 5.72. The molecular weight excluding hydrogens is 266 g/mol. The second kappa shape index (κ2) is 5.95. The van der Waals surface area contributed by atoms with Crippen LogP contribution in [0.15, 0.2) is 36.4 Å². The Morgan fingerprint density at radius 2 is 1.71 bits per heavy atom. The van der Waals surface area contributed by atoms with Crippen molar-refractivity contribution in [1.29, 1.82) is 0 Å². The molecule has 4 heteroatoms. The van der Waals surface area contributed by atoms with Crippen molar-refractivity contribution >= 4 is 5.69 Å². The third-order valence-corrected chi connectivity index (χ3v) is 3.23. The first kappa shape index (κ1) is 15.0. The van der Waals surface area contributed by atoms with Gasteiger partial charge in [0.25, 0.3) is 0 Å². The van der Waals surface area contributed by atoms with Crippen molar-refractivity contribution < 1.29 is 9.66 Å². The van der Waals surface area contributed by atoms with E-state index in [4.69, 9.17) is 4.74 Å². The van der Waals surface area contributed by atoms with E-state index in [-0.39, 0.29) is 11.8 Å². The number of hydrogen-bond acceptors (Lipinski definition) is 3. The van der Waals surface area contributed by atoms with E-state index < -0.39 is 4.92 Å². The van der Waals surface area contributed by atoms with E-state index in [1.807, 2.05) is 52.0 Å². The van der Waals surface area contributed by atoms with E-state index in [9.17, 15) is 10.1 Å². The van der Waals surface area contributed by atoms with Crippen molar-refractivity contribution in [2.45, 2.75) is 33.8 Å². The molecule has 0 saturated heterocycles. The Bertz CT molecular complexity index is 660. The summed E-state index contributed by atoms with van der Waals surface area (Å²) in [5.74, 6) is 0.316. The van der Waals surface area contributed by atoms with Crippen molar-refractivity contribution in [2.24, 2.45) is 0 Å². The summed E-state index contributed by atoms with van der Waals surface area (Å²) in [6.45, 7) is 7.62. The van der Waals surface area contributed by atoms with Gasteiger partial charge in [-0.05, 0) is 50.5 Å². The highest BCUT2D eigenvalue weighted by atomic mass is 16.6. The molecule has 21 heavy (non-hydrogen) atoms. The van der Waals surface area contributed by atoms with Crippen LogP contribution in [0.5, 0.6) is 5.75 Å². The molecule has 0 aliphatic rings. The van der Waals surface area contributed by atoms with Crippen LogP contribution in [-0.4, -0.2) is 11.0 Å². The molecule has 0 fully saturated rings. The molecule has 4 nitrogen and oxygen atoms in total. The molecule has 0 amide bonds. The van der Waals surface area contributed by atoms with Gasteiger partial charge in [-0.1, -0.05) is 29.8 Å². The van der Waals surface area contributed by atoms with Gasteiger partial charge in [0.15, 0.2) is 5.75 Å². The van der Waals surface area contributed by atoms with Crippen LogP contribution in [0, 0.1) is 24.0 Å². The van der Waals surface area contributed by atoms with E-state index in [2.05, 4.69) is 0 Å². The molecule has 0 aromatic heterocycles. The number of rotatable bonds is 4. The second-order valence-electron chi connectivity index (χ2n) is 5.42. The fourth-order valence-corrected chi connectivity index (χ4v) is 2.21. The number of aryl methyl sites for hydroxylation is 2. The average molecular weight is 285 g/mol. The molecule has 2 aromatic rings. The summed E-state index contributed by atoms with van der Waals surface area (Å²) in [6, 6.07) is 11.4. The van der Waals surface area contributed by atoms with Crippen molar-refractivity contribution in [1.82, 2.24) is 0 Å². The Hall–Kier alpha value is -2.36. The molecule has 0 radical (unpaired) electrons. The first-order valence-corrected chi connectivity index (χ1v) is 6.91. The van der Waals surface area contributed by atoms with Gasteiger partial charge in [0, 0.05) is 6.07 Å². The van der Waals surface area contributed by atoms with Gasteiger partial charge in [0.2, 0.25) is 0 Å². The van der Waals surface area contributed by atoms with E-state index in [0.29, 0.717) is 5.75 Å². The van der Waals surface area contributed by atoms with Gasteiger partial charge in [0.1, 0.15) is 0 Å². The molecule has 0 N–H and O–H groups in total. The van der Waals surface area contributed by atoms with Gasteiger partial charge in [0.05, 0.1) is 11.0 Å². The molecule has 110 valence electrons.